The average molecular weight is 291 g/mol. The van der Waals surface area contributed by atoms with Crippen LogP contribution in [0.2, 0.25) is 0 Å². The van der Waals surface area contributed by atoms with Gasteiger partial charge in [0.05, 0.1) is 18.7 Å². The van der Waals surface area contributed by atoms with Gasteiger partial charge < -0.3 is 9.64 Å². The summed E-state index contributed by atoms with van der Waals surface area (Å²) in [7, 11) is 0. The van der Waals surface area contributed by atoms with Crippen LogP contribution in [-0.2, 0) is 9.53 Å². The highest BCUT2D eigenvalue weighted by molar-refractivity contribution is 7.11. The summed E-state index contributed by atoms with van der Waals surface area (Å²) in [5, 5.41) is 2.86. The molecule has 0 radical (unpaired) electrons. The number of thiazole rings is 1. The van der Waals surface area contributed by atoms with E-state index < -0.39 is 0 Å². The maximum atomic E-state index is 12.1. The van der Waals surface area contributed by atoms with Gasteiger partial charge in [-0.3, -0.25) is 4.99 Å². The van der Waals surface area contributed by atoms with E-state index in [1.807, 2.05) is 12.3 Å². The fourth-order valence-corrected chi connectivity index (χ4v) is 3.33. The number of aliphatic imine (C=N–C) groups is 1. The minimum absolute atomic E-state index is 0.233. The van der Waals surface area contributed by atoms with Crippen LogP contribution >= 0.6 is 11.3 Å². The molecule has 2 aliphatic heterocycles. The van der Waals surface area contributed by atoms with Gasteiger partial charge >= 0.3 is 5.97 Å². The van der Waals surface area contributed by atoms with E-state index in [0.717, 1.165) is 29.5 Å². The Morgan fingerprint density at radius 2 is 2.45 bits per heavy atom. The lowest BCUT2D eigenvalue weighted by Gasteiger charge is -2.26. The molecule has 20 heavy (non-hydrogen) atoms. The third kappa shape index (κ3) is 2.24. The Labute approximate surface area is 122 Å². The molecule has 1 saturated heterocycles. The quantitative estimate of drug-likeness (QED) is 0.800. The number of ether oxygens (including phenoxy) is 1. The standard InChI is InChI=1S/C14H17N3O2S/c1-3-19-14(18)10-7-16-12(13-15-4-5-20-13)17-8-9(2)6-11(10)17/h4-5,9H,3,6-8H2,1-2H3/t9-/m0/s1. The number of carbonyl (C=O) groups is 1. The zero-order valence-electron chi connectivity index (χ0n) is 11.6. The first-order valence-electron chi connectivity index (χ1n) is 6.81. The lowest BCUT2D eigenvalue weighted by Crippen LogP contribution is -2.34. The van der Waals surface area contributed by atoms with Crippen molar-refractivity contribution >= 4 is 23.1 Å². The molecule has 6 heteroatoms. The Balaban J connectivity index is 1.94. The molecule has 0 N–H and O–H groups in total. The minimum atomic E-state index is -0.233. The first-order valence-corrected chi connectivity index (χ1v) is 7.69. The van der Waals surface area contributed by atoms with Crippen molar-refractivity contribution in [2.24, 2.45) is 10.9 Å². The van der Waals surface area contributed by atoms with Crippen LogP contribution in [0.5, 0.6) is 0 Å². The topological polar surface area (TPSA) is 54.8 Å². The van der Waals surface area contributed by atoms with E-state index in [1.54, 1.807) is 17.5 Å². The summed E-state index contributed by atoms with van der Waals surface area (Å²) in [4.78, 5) is 23.1. The first-order chi connectivity index (χ1) is 9.70. The summed E-state index contributed by atoms with van der Waals surface area (Å²) < 4.78 is 5.14. The largest absolute Gasteiger partial charge is 0.463 e. The van der Waals surface area contributed by atoms with Crippen molar-refractivity contribution in [3.63, 3.8) is 0 Å². The number of carbonyl (C=O) groups excluding carboxylic acids is 1. The van der Waals surface area contributed by atoms with E-state index in [4.69, 9.17) is 4.74 Å². The number of amidine groups is 1. The zero-order valence-corrected chi connectivity index (χ0v) is 12.4. The van der Waals surface area contributed by atoms with Crippen molar-refractivity contribution in [2.45, 2.75) is 20.3 Å². The number of fused-ring (bicyclic) bond motifs is 1. The highest BCUT2D eigenvalue weighted by Gasteiger charge is 2.35. The zero-order chi connectivity index (χ0) is 14.1. The fourth-order valence-electron chi connectivity index (χ4n) is 2.68. The van der Waals surface area contributed by atoms with Crippen LogP contribution in [0.4, 0.5) is 0 Å². The normalized spacial score (nSPS) is 21.8. The Morgan fingerprint density at radius 3 is 3.15 bits per heavy atom. The lowest BCUT2D eigenvalue weighted by atomic mass is 10.1. The van der Waals surface area contributed by atoms with Crippen molar-refractivity contribution in [1.29, 1.82) is 0 Å². The Bertz CT molecular complexity index is 577. The van der Waals surface area contributed by atoms with Gasteiger partial charge in [-0.1, -0.05) is 6.92 Å². The molecular weight excluding hydrogens is 274 g/mol. The van der Waals surface area contributed by atoms with Gasteiger partial charge in [-0.15, -0.1) is 11.3 Å². The molecule has 1 aromatic rings. The number of rotatable bonds is 3. The van der Waals surface area contributed by atoms with Crippen LogP contribution in [0, 0.1) is 5.92 Å². The molecule has 106 valence electrons. The summed E-state index contributed by atoms with van der Waals surface area (Å²) in [6.45, 7) is 5.69. The van der Waals surface area contributed by atoms with Gasteiger partial charge in [-0.25, -0.2) is 9.78 Å². The molecule has 0 aromatic carbocycles. The fraction of sp³-hybridized carbons (Fsp3) is 0.500. The Morgan fingerprint density at radius 1 is 1.60 bits per heavy atom. The number of esters is 1. The SMILES string of the molecule is CCOC(=O)C1=C2C[C@H](C)CN2C(c2nccs2)=NC1. The molecule has 0 saturated carbocycles. The van der Waals surface area contributed by atoms with Crippen molar-refractivity contribution < 1.29 is 9.53 Å². The van der Waals surface area contributed by atoms with E-state index in [-0.39, 0.29) is 5.97 Å². The molecule has 1 aromatic heterocycles. The summed E-state index contributed by atoms with van der Waals surface area (Å²) in [5.74, 6) is 1.17. The van der Waals surface area contributed by atoms with Crippen LogP contribution in [0.1, 0.15) is 25.3 Å². The van der Waals surface area contributed by atoms with E-state index in [2.05, 4.69) is 21.8 Å². The average Bonchev–Trinajstić information content (AvgIpc) is 3.05. The summed E-state index contributed by atoms with van der Waals surface area (Å²) in [6.07, 6.45) is 2.69. The van der Waals surface area contributed by atoms with Gasteiger partial charge in [0.2, 0.25) is 0 Å². The van der Waals surface area contributed by atoms with Crippen molar-refractivity contribution in [3.8, 4) is 0 Å². The predicted molar refractivity (Wildman–Crippen MR) is 77.7 cm³/mol. The highest BCUT2D eigenvalue weighted by atomic mass is 32.1. The number of hydrogen-bond acceptors (Lipinski definition) is 6. The Hall–Kier alpha value is -1.69. The molecule has 2 aliphatic rings. The van der Waals surface area contributed by atoms with Crippen LogP contribution in [0.3, 0.4) is 0 Å². The van der Waals surface area contributed by atoms with Crippen LogP contribution in [0.25, 0.3) is 0 Å². The minimum Gasteiger partial charge on any atom is -0.463 e. The lowest BCUT2D eigenvalue weighted by molar-refractivity contribution is -0.138. The Kier molecular flexibility index (Phi) is 3.56. The second kappa shape index (κ2) is 5.36. The monoisotopic (exact) mass is 291 g/mol. The van der Waals surface area contributed by atoms with Crippen LogP contribution in [-0.4, -0.2) is 41.4 Å². The molecular formula is C14H17N3O2S. The first kappa shape index (κ1) is 13.3. The number of aromatic nitrogens is 1. The molecule has 5 nitrogen and oxygen atoms in total. The smallest absolute Gasteiger partial charge is 0.337 e. The van der Waals surface area contributed by atoms with Crippen molar-refractivity contribution in [1.82, 2.24) is 9.88 Å². The third-order valence-corrected chi connectivity index (χ3v) is 4.27. The molecule has 0 amide bonds. The van der Waals surface area contributed by atoms with Gasteiger partial charge in [0, 0.05) is 23.8 Å². The molecule has 3 heterocycles. The second-order valence-electron chi connectivity index (χ2n) is 5.04. The second-order valence-corrected chi connectivity index (χ2v) is 5.94. The van der Waals surface area contributed by atoms with E-state index in [1.165, 1.54) is 0 Å². The van der Waals surface area contributed by atoms with E-state index in [0.29, 0.717) is 24.6 Å². The maximum absolute atomic E-state index is 12.1. The van der Waals surface area contributed by atoms with Crippen LogP contribution in [0.15, 0.2) is 27.8 Å². The molecule has 1 atom stereocenters. The number of nitrogens with zero attached hydrogens (tertiary/aromatic N) is 3. The summed E-state index contributed by atoms with van der Waals surface area (Å²) in [6, 6.07) is 0. The third-order valence-electron chi connectivity index (χ3n) is 3.50. The molecule has 0 spiro atoms. The molecule has 1 fully saturated rings. The number of hydrogen-bond donors (Lipinski definition) is 0. The van der Waals surface area contributed by atoms with Gasteiger partial charge in [0.1, 0.15) is 0 Å². The van der Waals surface area contributed by atoms with Gasteiger partial charge in [-0.2, -0.15) is 0 Å². The summed E-state index contributed by atoms with van der Waals surface area (Å²) >= 11 is 1.58. The van der Waals surface area contributed by atoms with Crippen molar-refractivity contribution in [3.05, 3.63) is 27.9 Å². The van der Waals surface area contributed by atoms with Crippen molar-refractivity contribution in [2.75, 3.05) is 19.7 Å². The number of allylic oxidation sites excluding steroid dienone is 1. The van der Waals surface area contributed by atoms with Crippen LogP contribution < -0.4 is 0 Å². The maximum Gasteiger partial charge on any atom is 0.337 e. The highest BCUT2D eigenvalue weighted by Crippen LogP contribution is 2.34. The van der Waals surface area contributed by atoms with Gasteiger partial charge in [-0.05, 0) is 19.3 Å². The van der Waals surface area contributed by atoms with Gasteiger partial charge in [0.25, 0.3) is 0 Å². The summed E-state index contributed by atoms with van der Waals surface area (Å²) in [5.41, 5.74) is 1.77. The van der Waals surface area contributed by atoms with Gasteiger partial charge in [0.15, 0.2) is 10.8 Å². The molecule has 3 rings (SSSR count). The van der Waals surface area contributed by atoms with E-state index in [9.17, 15) is 4.79 Å². The predicted octanol–water partition coefficient (Wildman–Crippen LogP) is 2.06. The molecule has 0 aliphatic carbocycles. The van der Waals surface area contributed by atoms with E-state index >= 15 is 0 Å². The molecule has 0 unspecified atom stereocenters. The molecule has 0 bridgehead atoms.